The van der Waals surface area contributed by atoms with Crippen LogP contribution in [0.2, 0.25) is 0 Å². The summed E-state index contributed by atoms with van der Waals surface area (Å²) in [5.41, 5.74) is 0. The summed E-state index contributed by atoms with van der Waals surface area (Å²) in [7, 11) is 0. The first kappa shape index (κ1) is 18.2. The number of amides is 2. The van der Waals surface area contributed by atoms with Crippen LogP contribution in [-0.2, 0) is 14.3 Å². The molecule has 2 aliphatic rings. The van der Waals surface area contributed by atoms with E-state index in [2.05, 4.69) is 12.2 Å². The van der Waals surface area contributed by atoms with Crippen LogP contribution in [0.4, 0.5) is 0 Å². The fraction of sp³-hybridized carbons (Fsp3) is 0.889. The van der Waals surface area contributed by atoms with Gasteiger partial charge in [0.15, 0.2) is 0 Å². The Bertz CT molecular complexity index is 394. The maximum atomic E-state index is 12.7. The summed E-state index contributed by atoms with van der Waals surface area (Å²) >= 11 is 0. The van der Waals surface area contributed by atoms with Gasteiger partial charge in [-0.25, -0.2) is 0 Å². The monoisotopic (exact) mass is 324 g/mol. The lowest BCUT2D eigenvalue weighted by Gasteiger charge is -2.35. The summed E-state index contributed by atoms with van der Waals surface area (Å²) in [6, 6.07) is 0.244. The molecule has 0 aromatic carbocycles. The second-order valence-electron chi connectivity index (χ2n) is 6.90. The molecule has 0 spiro atoms. The first-order valence-electron chi connectivity index (χ1n) is 9.31. The Morgan fingerprint density at radius 3 is 2.61 bits per heavy atom. The fourth-order valence-corrected chi connectivity index (χ4v) is 3.76. The molecule has 0 aromatic heterocycles. The highest BCUT2D eigenvalue weighted by Gasteiger charge is 2.31. The van der Waals surface area contributed by atoms with E-state index in [9.17, 15) is 9.59 Å². The summed E-state index contributed by atoms with van der Waals surface area (Å²) in [4.78, 5) is 26.6. The summed E-state index contributed by atoms with van der Waals surface area (Å²) in [6.07, 6.45) is 6.31. The molecule has 5 nitrogen and oxygen atoms in total. The van der Waals surface area contributed by atoms with E-state index in [-0.39, 0.29) is 23.8 Å². The highest BCUT2D eigenvalue weighted by Crippen LogP contribution is 2.23. The van der Waals surface area contributed by atoms with Gasteiger partial charge in [0.2, 0.25) is 11.8 Å². The average Bonchev–Trinajstić information content (AvgIpc) is 2.60. The molecule has 2 atom stereocenters. The predicted octanol–water partition coefficient (Wildman–Crippen LogP) is 2.35. The lowest BCUT2D eigenvalue weighted by molar-refractivity contribution is -0.136. The first-order chi connectivity index (χ1) is 11.2. The summed E-state index contributed by atoms with van der Waals surface area (Å²) in [6.45, 7) is 7.16. The molecule has 0 aliphatic carbocycles. The summed E-state index contributed by atoms with van der Waals surface area (Å²) in [5, 5.41) is 3.27. The van der Waals surface area contributed by atoms with E-state index < -0.39 is 0 Å². The number of hydrogen-bond donors (Lipinski definition) is 1. The van der Waals surface area contributed by atoms with E-state index >= 15 is 0 Å². The number of ether oxygens (including phenoxy) is 1. The number of carbonyl (C=O) groups is 2. The van der Waals surface area contributed by atoms with E-state index in [0.717, 1.165) is 58.3 Å². The van der Waals surface area contributed by atoms with Crippen LogP contribution in [-0.4, -0.2) is 49.1 Å². The fourth-order valence-electron chi connectivity index (χ4n) is 3.76. The van der Waals surface area contributed by atoms with Gasteiger partial charge in [-0.3, -0.25) is 9.59 Å². The topological polar surface area (TPSA) is 58.6 Å². The van der Waals surface area contributed by atoms with Crippen molar-refractivity contribution in [2.75, 3.05) is 26.3 Å². The lowest BCUT2D eigenvalue weighted by Crippen LogP contribution is -2.49. The lowest BCUT2D eigenvalue weighted by atomic mass is 9.89. The third-order valence-corrected chi connectivity index (χ3v) is 5.21. The van der Waals surface area contributed by atoms with Gasteiger partial charge in [-0.1, -0.05) is 13.8 Å². The average molecular weight is 324 g/mol. The number of nitrogens with zero attached hydrogens (tertiary/aromatic N) is 1. The van der Waals surface area contributed by atoms with Crippen LogP contribution in [0.5, 0.6) is 0 Å². The van der Waals surface area contributed by atoms with Crippen LogP contribution in [0, 0.1) is 11.8 Å². The van der Waals surface area contributed by atoms with Crippen LogP contribution in [0.15, 0.2) is 0 Å². The van der Waals surface area contributed by atoms with Crippen LogP contribution in [0.1, 0.15) is 58.8 Å². The van der Waals surface area contributed by atoms with E-state index in [1.54, 1.807) is 0 Å². The molecule has 0 unspecified atom stereocenters. The number of piperidine rings is 1. The molecule has 0 saturated carbocycles. The molecule has 0 bridgehead atoms. The highest BCUT2D eigenvalue weighted by molar-refractivity contribution is 5.81. The van der Waals surface area contributed by atoms with E-state index in [0.29, 0.717) is 18.9 Å². The molecule has 2 rings (SSSR count). The Balaban J connectivity index is 1.86. The molecule has 23 heavy (non-hydrogen) atoms. The molecule has 2 amide bonds. The molecule has 132 valence electrons. The van der Waals surface area contributed by atoms with Gasteiger partial charge in [0.05, 0.1) is 5.92 Å². The van der Waals surface area contributed by atoms with Crippen LogP contribution in [0.3, 0.4) is 0 Å². The van der Waals surface area contributed by atoms with Crippen molar-refractivity contribution >= 4 is 11.8 Å². The molecule has 1 N–H and O–H groups in total. The quantitative estimate of drug-likeness (QED) is 0.816. The Hall–Kier alpha value is -1.10. The number of hydrogen-bond acceptors (Lipinski definition) is 3. The van der Waals surface area contributed by atoms with Crippen molar-refractivity contribution in [3.63, 3.8) is 0 Å². The summed E-state index contributed by atoms with van der Waals surface area (Å²) in [5.74, 6) is 0.816. The highest BCUT2D eigenvalue weighted by atomic mass is 16.5. The van der Waals surface area contributed by atoms with Gasteiger partial charge in [0.1, 0.15) is 0 Å². The van der Waals surface area contributed by atoms with Gasteiger partial charge < -0.3 is 15.0 Å². The Morgan fingerprint density at radius 1 is 1.22 bits per heavy atom. The first-order valence-corrected chi connectivity index (χ1v) is 9.31. The minimum atomic E-state index is -0.0431. The van der Waals surface area contributed by atoms with Gasteiger partial charge in [-0.15, -0.1) is 0 Å². The van der Waals surface area contributed by atoms with Crippen molar-refractivity contribution in [3.8, 4) is 0 Å². The molecule has 2 aliphatic heterocycles. The van der Waals surface area contributed by atoms with Crippen molar-refractivity contribution in [2.45, 2.75) is 64.8 Å². The zero-order valence-corrected chi connectivity index (χ0v) is 14.7. The Morgan fingerprint density at radius 2 is 1.96 bits per heavy atom. The molecule has 0 aromatic rings. The zero-order chi connectivity index (χ0) is 16.7. The van der Waals surface area contributed by atoms with Crippen molar-refractivity contribution in [1.29, 1.82) is 0 Å². The van der Waals surface area contributed by atoms with Crippen molar-refractivity contribution in [2.24, 2.45) is 11.8 Å². The molecule has 0 radical (unpaired) electrons. The molecular formula is C18H32N2O3. The maximum Gasteiger partial charge on any atom is 0.225 e. The Labute approximate surface area is 140 Å². The van der Waals surface area contributed by atoms with Crippen molar-refractivity contribution in [3.05, 3.63) is 0 Å². The maximum absolute atomic E-state index is 12.7. The third kappa shape index (κ3) is 5.20. The van der Waals surface area contributed by atoms with Gasteiger partial charge in [-0.05, 0) is 44.4 Å². The molecular weight excluding hydrogens is 292 g/mol. The van der Waals surface area contributed by atoms with Crippen LogP contribution >= 0.6 is 0 Å². The Kier molecular flexibility index (Phi) is 7.34. The van der Waals surface area contributed by atoms with Gasteiger partial charge >= 0.3 is 0 Å². The van der Waals surface area contributed by atoms with E-state index in [4.69, 9.17) is 4.74 Å². The minimum Gasteiger partial charge on any atom is -0.381 e. The number of nitrogens with one attached hydrogen (secondary N) is 1. The van der Waals surface area contributed by atoms with E-state index in [1.807, 2.05) is 11.8 Å². The van der Waals surface area contributed by atoms with Crippen LogP contribution in [0.25, 0.3) is 0 Å². The molecule has 5 heteroatoms. The molecule has 2 heterocycles. The second-order valence-corrected chi connectivity index (χ2v) is 6.90. The van der Waals surface area contributed by atoms with E-state index in [1.165, 1.54) is 0 Å². The molecule has 2 fully saturated rings. The number of likely N-dealkylation sites (tertiary alicyclic amines) is 1. The second kappa shape index (κ2) is 9.26. The van der Waals surface area contributed by atoms with Gasteiger partial charge in [0, 0.05) is 38.8 Å². The minimum absolute atomic E-state index is 0.0431. The largest absolute Gasteiger partial charge is 0.381 e. The number of carbonyl (C=O) groups excluding carboxylic acids is 2. The van der Waals surface area contributed by atoms with Gasteiger partial charge in [-0.2, -0.15) is 0 Å². The predicted molar refractivity (Wildman–Crippen MR) is 90.0 cm³/mol. The van der Waals surface area contributed by atoms with Gasteiger partial charge in [0.25, 0.3) is 0 Å². The molecule has 2 saturated heterocycles. The normalized spacial score (nSPS) is 24.3. The number of rotatable bonds is 6. The van der Waals surface area contributed by atoms with Crippen molar-refractivity contribution < 1.29 is 14.3 Å². The van der Waals surface area contributed by atoms with Crippen molar-refractivity contribution in [1.82, 2.24) is 10.2 Å². The zero-order valence-electron chi connectivity index (χ0n) is 14.7. The standard InChI is InChI=1S/C18H32N2O3/c1-3-6-17(21)20-10-5-7-15(13-20)18(22)19-16(4-2)14-8-11-23-12-9-14/h14-16H,3-13H2,1-2H3,(H,19,22)/t15-,16+/m0/s1. The SMILES string of the molecule is CCCC(=O)N1CCC[C@H](C(=O)N[C@H](CC)C2CCOCC2)C1. The van der Waals surface area contributed by atoms with Crippen LogP contribution < -0.4 is 5.32 Å². The smallest absolute Gasteiger partial charge is 0.225 e. The summed E-state index contributed by atoms with van der Waals surface area (Å²) < 4.78 is 5.42. The third-order valence-electron chi connectivity index (χ3n) is 5.21.